The van der Waals surface area contributed by atoms with E-state index < -0.39 is 0 Å². The summed E-state index contributed by atoms with van der Waals surface area (Å²) in [5.74, 6) is 1.02. The van der Waals surface area contributed by atoms with Crippen molar-refractivity contribution in [3.63, 3.8) is 0 Å². The summed E-state index contributed by atoms with van der Waals surface area (Å²) < 4.78 is 11.2. The number of benzene rings is 1. The van der Waals surface area contributed by atoms with Gasteiger partial charge in [0, 0.05) is 31.2 Å². The SMILES string of the molecule is CCCO[C@@H]1CC[C@H](C(=O)NCc2ccc(OC)cc2)C[C@H]1NC(C)C. The lowest BCUT2D eigenvalue weighted by atomic mass is 9.82. The summed E-state index contributed by atoms with van der Waals surface area (Å²) in [7, 11) is 1.65. The van der Waals surface area contributed by atoms with E-state index in [1.54, 1.807) is 7.11 Å². The van der Waals surface area contributed by atoms with Crippen molar-refractivity contribution in [1.82, 2.24) is 10.6 Å². The quantitative estimate of drug-likeness (QED) is 0.708. The molecular weight excluding hydrogens is 328 g/mol. The van der Waals surface area contributed by atoms with Gasteiger partial charge >= 0.3 is 0 Å². The molecule has 5 heteroatoms. The minimum Gasteiger partial charge on any atom is -0.497 e. The maximum atomic E-state index is 12.6. The van der Waals surface area contributed by atoms with Gasteiger partial charge in [-0.2, -0.15) is 0 Å². The fourth-order valence-corrected chi connectivity index (χ4v) is 3.53. The Hall–Kier alpha value is -1.59. The fourth-order valence-electron chi connectivity index (χ4n) is 3.53. The predicted molar refractivity (Wildman–Crippen MR) is 104 cm³/mol. The highest BCUT2D eigenvalue weighted by molar-refractivity contribution is 5.78. The van der Waals surface area contributed by atoms with E-state index in [4.69, 9.17) is 9.47 Å². The molecule has 1 fully saturated rings. The molecule has 1 aliphatic rings. The summed E-state index contributed by atoms with van der Waals surface area (Å²) >= 11 is 0. The second-order valence-corrected chi connectivity index (χ2v) is 7.41. The van der Waals surface area contributed by atoms with Crippen LogP contribution < -0.4 is 15.4 Å². The van der Waals surface area contributed by atoms with Crippen LogP contribution in [0.1, 0.15) is 52.0 Å². The molecule has 0 saturated heterocycles. The summed E-state index contributed by atoms with van der Waals surface area (Å²) in [6.45, 7) is 7.75. The monoisotopic (exact) mass is 362 g/mol. The van der Waals surface area contributed by atoms with E-state index in [9.17, 15) is 4.79 Å². The van der Waals surface area contributed by atoms with Crippen molar-refractivity contribution in [2.24, 2.45) is 5.92 Å². The van der Waals surface area contributed by atoms with Crippen molar-refractivity contribution in [1.29, 1.82) is 0 Å². The van der Waals surface area contributed by atoms with Crippen LogP contribution in [0.2, 0.25) is 0 Å². The van der Waals surface area contributed by atoms with E-state index >= 15 is 0 Å². The Balaban J connectivity index is 1.87. The highest BCUT2D eigenvalue weighted by Gasteiger charge is 2.34. The third-order valence-corrected chi connectivity index (χ3v) is 4.87. The van der Waals surface area contributed by atoms with Crippen LogP contribution in [0.3, 0.4) is 0 Å². The van der Waals surface area contributed by atoms with Gasteiger partial charge < -0.3 is 20.1 Å². The zero-order valence-corrected chi connectivity index (χ0v) is 16.6. The Bertz CT molecular complexity index is 545. The molecule has 2 rings (SSSR count). The van der Waals surface area contributed by atoms with E-state index in [1.807, 2.05) is 24.3 Å². The van der Waals surface area contributed by atoms with Gasteiger partial charge in [0.25, 0.3) is 0 Å². The second-order valence-electron chi connectivity index (χ2n) is 7.41. The first-order valence-corrected chi connectivity index (χ1v) is 9.81. The van der Waals surface area contributed by atoms with Gasteiger partial charge in [-0.1, -0.05) is 32.9 Å². The van der Waals surface area contributed by atoms with Crippen LogP contribution >= 0.6 is 0 Å². The van der Waals surface area contributed by atoms with Crippen molar-refractivity contribution in [2.45, 2.75) is 71.2 Å². The largest absolute Gasteiger partial charge is 0.497 e. The smallest absolute Gasteiger partial charge is 0.223 e. The lowest BCUT2D eigenvalue weighted by Gasteiger charge is -2.37. The van der Waals surface area contributed by atoms with Crippen LogP contribution in [-0.2, 0) is 16.1 Å². The molecule has 146 valence electrons. The number of hydrogen-bond donors (Lipinski definition) is 2. The molecule has 0 heterocycles. The van der Waals surface area contributed by atoms with Gasteiger partial charge in [0.05, 0.1) is 13.2 Å². The molecule has 1 amide bonds. The van der Waals surface area contributed by atoms with E-state index in [2.05, 4.69) is 31.4 Å². The lowest BCUT2D eigenvalue weighted by Crippen LogP contribution is -2.50. The first-order valence-electron chi connectivity index (χ1n) is 9.81. The Morgan fingerprint density at radius 3 is 2.58 bits per heavy atom. The average Bonchev–Trinajstić information content (AvgIpc) is 2.65. The van der Waals surface area contributed by atoms with Gasteiger partial charge in [-0.05, 0) is 43.4 Å². The molecule has 1 aromatic carbocycles. The van der Waals surface area contributed by atoms with Crippen molar-refractivity contribution >= 4 is 5.91 Å². The Kier molecular flexibility index (Phi) is 8.39. The molecule has 0 radical (unpaired) electrons. The summed E-state index contributed by atoms with van der Waals surface area (Å²) in [4.78, 5) is 12.6. The van der Waals surface area contributed by atoms with Gasteiger partial charge in [-0.3, -0.25) is 4.79 Å². The Labute approximate surface area is 157 Å². The zero-order valence-electron chi connectivity index (χ0n) is 16.6. The summed E-state index contributed by atoms with van der Waals surface area (Å²) in [5, 5.41) is 6.68. The molecular formula is C21H34N2O3. The van der Waals surface area contributed by atoms with Crippen LogP contribution in [0.15, 0.2) is 24.3 Å². The molecule has 3 atom stereocenters. The standard InChI is InChI=1S/C21H34N2O3/c1-5-12-26-20-11-8-17(13-19(20)23-15(2)3)21(24)22-14-16-6-9-18(25-4)10-7-16/h6-7,9-10,15,17,19-20,23H,5,8,11-14H2,1-4H3,(H,22,24)/t17-,19+,20+/m0/s1. The first kappa shape index (κ1) is 20.7. The van der Waals surface area contributed by atoms with Crippen molar-refractivity contribution in [3.05, 3.63) is 29.8 Å². The molecule has 0 unspecified atom stereocenters. The van der Waals surface area contributed by atoms with Gasteiger partial charge in [0.1, 0.15) is 5.75 Å². The molecule has 5 nitrogen and oxygen atoms in total. The van der Waals surface area contributed by atoms with E-state index in [1.165, 1.54) is 0 Å². The normalized spacial score (nSPS) is 23.0. The molecule has 0 aromatic heterocycles. The van der Waals surface area contributed by atoms with Crippen LogP contribution in [0.5, 0.6) is 5.75 Å². The Morgan fingerprint density at radius 2 is 1.96 bits per heavy atom. The van der Waals surface area contributed by atoms with E-state index in [-0.39, 0.29) is 24.0 Å². The molecule has 1 saturated carbocycles. The van der Waals surface area contributed by atoms with Gasteiger partial charge in [0.15, 0.2) is 0 Å². The van der Waals surface area contributed by atoms with Crippen molar-refractivity contribution in [2.75, 3.05) is 13.7 Å². The third kappa shape index (κ3) is 6.29. The number of carbonyl (C=O) groups excluding carboxylic acids is 1. The lowest BCUT2D eigenvalue weighted by molar-refractivity contribution is -0.127. The molecule has 0 aliphatic heterocycles. The maximum absolute atomic E-state index is 12.6. The molecule has 1 aromatic rings. The first-order chi connectivity index (χ1) is 12.5. The van der Waals surface area contributed by atoms with Crippen LogP contribution in [0, 0.1) is 5.92 Å². The number of hydrogen-bond acceptors (Lipinski definition) is 4. The predicted octanol–water partition coefficient (Wildman–Crippen LogP) is 3.27. The fraction of sp³-hybridized carbons (Fsp3) is 0.667. The zero-order chi connectivity index (χ0) is 18.9. The third-order valence-electron chi connectivity index (χ3n) is 4.87. The molecule has 0 spiro atoms. The van der Waals surface area contributed by atoms with E-state index in [0.29, 0.717) is 12.6 Å². The molecule has 2 N–H and O–H groups in total. The highest BCUT2D eigenvalue weighted by atomic mass is 16.5. The van der Waals surface area contributed by atoms with Crippen LogP contribution in [-0.4, -0.2) is 37.8 Å². The molecule has 0 bridgehead atoms. The van der Waals surface area contributed by atoms with Gasteiger partial charge in [0.2, 0.25) is 5.91 Å². The number of ether oxygens (including phenoxy) is 2. The van der Waals surface area contributed by atoms with Crippen molar-refractivity contribution in [3.8, 4) is 5.75 Å². The summed E-state index contributed by atoms with van der Waals surface area (Å²) in [6.07, 6.45) is 3.89. The number of rotatable bonds is 9. The number of methoxy groups -OCH3 is 1. The van der Waals surface area contributed by atoms with Crippen LogP contribution in [0.25, 0.3) is 0 Å². The average molecular weight is 363 g/mol. The Morgan fingerprint density at radius 1 is 1.23 bits per heavy atom. The summed E-state index contributed by atoms with van der Waals surface area (Å²) in [6, 6.07) is 8.43. The minimum absolute atomic E-state index is 0.0472. The van der Waals surface area contributed by atoms with Crippen molar-refractivity contribution < 1.29 is 14.3 Å². The topological polar surface area (TPSA) is 59.6 Å². The van der Waals surface area contributed by atoms with Crippen LogP contribution in [0.4, 0.5) is 0 Å². The summed E-state index contributed by atoms with van der Waals surface area (Å²) in [5.41, 5.74) is 1.08. The minimum atomic E-state index is 0.0472. The highest BCUT2D eigenvalue weighted by Crippen LogP contribution is 2.27. The maximum Gasteiger partial charge on any atom is 0.223 e. The van der Waals surface area contributed by atoms with Gasteiger partial charge in [-0.15, -0.1) is 0 Å². The second kappa shape index (κ2) is 10.5. The van der Waals surface area contributed by atoms with Gasteiger partial charge in [-0.25, -0.2) is 0 Å². The number of amides is 1. The van der Waals surface area contributed by atoms with E-state index in [0.717, 1.165) is 43.6 Å². The molecule has 1 aliphatic carbocycles. The molecule has 26 heavy (non-hydrogen) atoms. The number of nitrogens with one attached hydrogen (secondary N) is 2. The number of carbonyl (C=O) groups is 1.